The Morgan fingerprint density at radius 2 is 2.11 bits per heavy atom. The Morgan fingerprint density at radius 3 is 2.63 bits per heavy atom. The van der Waals surface area contributed by atoms with E-state index in [1.54, 1.807) is 29.8 Å². The standard InChI is InChI=1S/C14H15NO3S/c1-8-6-12(16)15(10(3)13(8)14(17)18)9(2)11-4-5-19-7-11/h4-7,9H,1-3H3,(H,17,18). The number of nitrogens with zero attached hydrogens (tertiary/aromatic N) is 1. The van der Waals surface area contributed by atoms with Crippen LogP contribution in [0.2, 0.25) is 0 Å². The minimum atomic E-state index is -0.999. The van der Waals surface area contributed by atoms with Gasteiger partial charge in [-0.25, -0.2) is 4.79 Å². The molecule has 1 atom stereocenters. The third-order valence-electron chi connectivity index (χ3n) is 3.32. The van der Waals surface area contributed by atoms with E-state index >= 15 is 0 Å². The Labute approximate surface area is 115 Å². The van der Waals surface area contributed by atoms with Crippen molar-refractivity contribution < 1.29 is 9.90 Å². The Morgan fingerprint density at radius 1 is 1.42 bits per heavy atom. The summed E-state index contributed by atoms with van der Waals surface area (Å²) in [5.74, 6) is -0.999. The maximum Gasteiger partial charge on any atom is 0.337 e. The molecule has 19 heavy (non-hydrogen) atoms. The molecule has 0 amide bonds. The quantitative estimate of drug-likeness (QED) is 0.938. The second-order valence-corrected chi connectivity index (χ2v) is 5.31. The fraction of sp³-hybridized carbons (Fsp3) is 0.286. The fourth-order valence-electron chi connectivity index (χ4n) is 2.36. The molecule has 1 unspecified atom stereocenters. The van der Waals surface area contributed by atoms with Gasteiger partial charge in [0.25, 0.3) is 5.56 Å². The second kappa shape index (κ2) is 5.01. The highest BCUT2D eigenvalue weighted by Gasteiger charge is 2.19. The zero-order chi connectivity index (χ0) is 14.2. The molecular weight excluding hydrogens is 262 g/mol. The SMILES string of the molecule is Cc1cc(=O)n(C(C)c2ccsc2)c(C)c1C(=O)O. The first-order chi connectivity index (χ1) is 8.93. The van der Waals surface area contributed by atoms with E-state index < -0.39 is 5.97 Å². The van der Waals surface area contributed by atoms with E-state index in [2.05, 4.69) is 0 Å². The van der Waals surface area contributed by atoms with E-state index in [9.17, 15) is 14.7 Å². The Bertz CT molecular complexity index is 671. The first-order valence-electron chi connectivity index (χ1n) is 5.91. The van der Waals surface area contributed by atoms with Crippen LogP contribution in [-0.4, -0.2) is 15.6 Å². The predicted octanol–water partition coefficient (Wildman–Crippen LogP) is 2.83. The first kappa shape index (κ1) is 13.5. The van der Waals surface area contributed by atoms with Crippen molar-refractivity contribution in [3.05, 3.63) is 55.6 Å². The average molecular weight is 277 g/mol. The molecule has 0 fully saturated rings. The van der Waals surface area contributed by atoms with Crippen LogP contribution in [0.3, 0.4) is 0 Å². The molecule has 0 aliphatic rings. The van der Waals surface area contributed by atoms with Crippen molar-refractivity contribution in [2.24, 2.45) is 0 Å². The van der Waals surface area contributed by atoms with Crippen LogP contribution >= 0.6 is 11.3 Å². The van der Waals surface area contributed by atoms with Crippen molar-refractivity contribution in [1.82, 2.24) is 4.57 Å². The highest BCUT2D eigenvalue weighted by atomic mass is 32.1. The third kappa shape index (κ3) is 2.33. The zero-order valence-corrected chi connectivity index (χ0v) is 11.8. The van der Waals surface area contributed by atoms with Gasteiger partial charge in [-0.3, -0.25) is 4.79 Å². The predicted molar refractivity (Wildman–Crippen MR) is 75.3 cm³/mol. The van der Waals surface area contributed by atoms with E-state index in [4.69, 9.17) is 0 Å². The molecule has 2 heterocycles. The van der Waals surface area contributed by atoms with Crippen molar-refractivity contribution >= 4 is 17.3 Å². The zero-order valence-electron chi connectivity index (χ0n) is 11.0. The van der Waals surface area contributed by atoms with Gasteiger partial charge in [-0.2, -0.15) is 11.3 Å². The summed E-state index contributed by atoms with van der Waals surface area (Å²) >= 11 is 1.56. The van der Waals surface area contributed by atoms with Gasteiger partial charge in [0.1, 0.15) is 0 Å². The minimum Gasteiger partial charge on any atom is -0.478 e. The Hall–Kier alpha value is -1.88. The van der Waals surface area contributed by atoms with Crippen molar-refractivity contribution in [3.63, 3.8) is 0 Å². The normalized spacial score (nSPS) is 12.4. The van der Waals surface area contributed by atoms with Crippen LogP contribution in [0.15, 0.2) is 27.7 Å². The van der Waals surface area contributed by atoms with Crippen LogP contribution in [0.5, 0.6) is 0 Å². The van der Waals surface area contributed by atoms with Gasteiger partial charge in [0.15, 0.2) is 0 Å². The summed E-state index contributed by atoms with van der Waals surface area (Å²) in [6, 6.07) is 3.17. The highest BCUT2D eigenvalue weighted by molar-refractivity contribution is 7.07. The van der Waals surface area contributed by atoms with E-state index in [1.807, 2.05) is 23.8 Å². The lowest BCUT2D eigenvalue weighted by Gasteiger charge is -2.19. The lowest BCUT2D eigenvalue weighted by Crippen LogP contribution is -2.28. The van der Waals surface area contributed by atoms with Gasteiger partial charge in [0, 0.05) is 11.8 Å². The van der Waals surface area contributed by atoms with Gasteiger partial charge < -0.3 is 9.67 Å². The molecule has 0 saturated carbocycles. The molecule has 0 saturated heterocycles. The topological polar surface area (TPSA) is 59.3 Å². The molecule has 2 aromatic heterocycles. The molecule has 5 heteroatoms. The Balaban J connectivity index is 2.67. The smallest absolute Gasteiger partial charge is 0.337 e. The monoisotopic (exact) mass is 277 g/mol. The summed E-state index contributed by atoms with van der Waals surface area (Å²) in [5, 5.41) is 13.2. The van der Waals surface area contributed by atoms with Crippen LogP contribution in [0.4, 0.5) is 0 Å². The molecule has 2 aromatic rings. The van der Waals surface area contributed by atoms with Gasteiger partial charge in [0.2, 0.25) is 0 Å². The molecule has 1 N–H and O–H groups in total. The summed E-state index contributed by atoms with van der Waals surface area (Å²) in [6.45, 7) is 5.23. The number of aromatic carboxylic acids is 1. The molecule has 4 nitrogen and oxygen atoms in total. The van der Waals surface area contributed by atoms with Gasteiger partial charge in [0.05, 0.1) is 11.6 Å². The van der Waals surface area contributed by atoms with E-state index in [0.29, 0.717) is 11.3 Å². The van der Waals surface area contributed by atoms with E-state index in [1.165, 1.54) is 6.07 Å². The maximum atomic E-state index is 12.1. The molecule has 2 rings (SSSR count). The second-order valence-electron chi connectivity index (χ2n) is 4.53. The van der Waals surface area contributed by atoms with Gasteiger partial charge in [-0.15, -0.1) is 0 Å². The van der Waals surface area contributed by atoms with Gasteiger partial charge >= 0.3 is 5.97 Å². The molecule has 0 aliphatic heterocycles. The summed E-state index contributed by atoms with van der Waals surface area (Å²) < 4.78 is 1.54. The van der Waals surface area contributed by atoms with E-state index in [0.717, 1.165) is 5.56 Å². The van der Waals surface area contributed by atoms with Crippen molar-refractivity contribution in [1.29, 1.82) is 0 Å². The largest absolute Gasteiger partial charge is 0.478 e. The molecule has 100 valence electrons. The number of aromatic nitrogens is 1. The van der Waals surface area contributed by atoms with Crippen LogP contribution < -0.4 is 5.56 Å². The lowest BCUT2D eigenvalue weighted by atomic mass is 10.1. The minimum absolute atomic E-state index is 0.168. The fourth-order valence-corrected chi connectivity index (χ4v) is 3.11. The summed E-state index contributed by atoms with van der Waals surface area (Å²) in [7, 11) is 0. The number of hydrogen-bond donors (Lipinski definition) is 1. The third-order valence-corrected chi connectivity index (χ3v) is 4.02. The lowest BCUT2D eigenvalue weighted by molar-refractivity contribution is 0.0694. The van der Waals surface area contributed by atoms with Crippen LogP contribution in [0.25, 0.3) is 0 Å². The van der Waals surface area contributed by atoms with Crippen LogP contribution in [0, 0.1) is 13.8 Å². The first-order valence-corrected chi connectivity index (χ1v) is 6.86. The number of hydrogen-bond acceptors (Lipinski definition) is 3. The number of carboxylic acid groups (broad SMARTS) is 1. The Kier molecular flexibility index (Phi) is 3.57. The molecule has 0 bridgehead atoms. The van der Waals surface area contributed by atoms with Crippen LogP contribution in [0.1, 0.15) is 40.1 Å². The van der Waals surface area contributed by atoms with E-state index in [-0.39, 0.29) is 17.2 Å². The number of pyridine rings is 1. The number of carboxylic acids is 1. The van der Waals surface area contributed by atoms with Crippen LogP contribution in [-0.2, 0) is 0 Å². The summed E-state index contributed by atoms with van der Waals surface area (Å²) in [4.78, 5) is 23.4. The maximum absolute atomic E-state index is 12.1. The number of carbonyl (C=O) groups is 1. The average Bonchev–Trinajstić information content (AvgIpc) is 2.80. The van der Waals surface area contributed by atoms with Gasteiger partial charge in [-0.05, 0) is 48.7 Å². The van der Waals surface area contributed by atoms with Crippen molar-refractivity contribution in [2.75, 3.05) is 0 Å². The molecule has 0 aliphatic carbocycles. The number of aryl methyl sites for hydroxylation is 1. The molecule has 0 radical (unpaired) electrons. The molecular formula is C14H15NO3S. The van der Waals surface area contributed by atoms with Crippen molar-refractivity contribution in [3.8, 4) is 0 Å². The van der Waals surface area contributed by atoms with Gasteiger partial charge in [-0.1, -0.05) is 0 Å². The highest BCUT2D eigenvalue weighted by Crippen LogP contribution is 2.22. The number of thiophene rings is 1. The molecule has 0 aromatic carbocycles. The summed E-state index contributed by atoms with van der Waals surface area (Å²) in [6.07, 6.45) is 0. The molecule has 0 spiro atoms. The number of rotatable bonds is 3. The van der Waals surface area contributed by atoms with Crippen molar-refractivity contribution in [2.45, 2.75) is 26.8 Å². The summed E-state index contributed by atoms with van der Waals surface area (Å²) in [5.41, 5.74) is 2.05.